The maximum atomic E-state index is 10.6. The van der Waals surface area contributed by atoms with Gasteiger partial charge in [-0.3, -0.25) is 10.1 Å². The fraction of sp³-hybridized carbons (Fsp3) is 0.625. The van der Waals surface area contributed by atoms with Crippen molar-refractivity contribution in [2.45, 2.75) is 65.0 Å². The number of hydrogen-bond donors (Lipinski definition) is 1. The van der Waals surface area contributed by atoms with E-state index < -0.39 is 0 Å². The van der Waals surface area contributed by atoms with Gasteiger partial charge in [0.15, 0.2) is 0 Å². The van der Waals surface area contributed by atoms with Gasteiger partial charge in [-0.15, -0.1) is 0 Å². The van der Waals surface area contributed by atoms with Crippen molar-refractivity contribution in [3.8, 4) is 0 Å². The summed E-state index contributed by atoms with van der Waals surface area (Å²) in [5, 5.41) is 14.0. The SMILES string of the molecule is CCCCCCCC(C)NCc1ccc([N+](=O)[O-])cc1. The number of nitro benzene ring substituents is 1. The summed E-state index contributed by atoms with van der Waals surface area (Å²) in [6.45, 7) is 5.20. The third-order valence-electron chi connectivity index (χ3n) is 3.54. The van der Waals surface area contributed by atoms with Crippen molar-refractivity contribution in [1.82, 2.24) is 5.32 Å². The first-order valence-corrected chi connectivity index (χ1v) is 7.60. The Morgan fingerprint density at radius 3 is 2.40 bits per heavy atom. The van der Waals surface area contributed by atoms with Crippen LogP contribution < -0.4 is 5.32 Å². The summed E-state index contributed by atoms with van der Waals surface area (Å²) in [5.41, 5.74) is 1.24. The second-order valence-corrected chi connectivity index (χ2v) is 5.41. The lowest BCUT2D eigenvalue weighted by Gasteiger charge is -2.13. The normalized spacial score (nSPS) is 12.3. The first-order valence-electron chi connectivity index (χ1n) is 7.60. The minimum absolute atomic E-state index is 0.151. The Kier molecular flexibility index (Phi) is 7.88. The smallest absolute Gasteiger partial charge is 0.269 e. The van der Waals surface area contributed by atoms with Gasteiger partial charge in [-0.05, 0) is 18.9 Å². The van der Waals surface area contributed by atoms with Crippen molar-refractivity contribution in [2.75, 3.05) is 0 Å². The molecule has 4 heteroatoms. The van der Waals surface area contributed by atoms with Crippen LogP contribution in [0.2, 0.25) is 0 Å². The second-order valence-electron chi connectivity index (χ2n) is 5.41. The highest BCUT2D eigenvalue weighted by Crippen LogP contribution is 2.12. The van der Waals surface area contributed by atoms with E-state index in [4.69, 9.17) is 0 Å². The number of unbranched alkanes of at least 4 members (excludes halogenated alkanes) is 4. The molecule has 4 nitrogen and oxygen atoms in total. The molecule has 0 spiro atoms. The van der Waals surface area contributed by atoms with E-state index in [0.717, 1.165) is 12.1 Å². The molecule has 1 atom stereocenters. The first kappa shape index (κ1) is 16.6. The highest BCUT2D eigenvalue weighted by Gasteiger charge is 2.05. The van der Waals surface area contributed by atoms with E-state index in [-0.39, 0.29) is 10.6 Å². The number of nitrogens with one attached hydrogen (secondary N) is 1. The van der Waals surface area contributed by atoms with Gasteiger partial charge in [0.2, 0.25) is 0 Å². The molecule has 0 aliphatic heterocycles. The van der Waals surface area contributed by atoms with E-state index in [1.165, 1.54) is 38.5 Å². The van der Waals surface area contributed by atoms with E-state index in [9.17, 15) is 10.1 Å². The number of rotatable bonds is 10. The Hall–Kier alpha value is -1.42. The van der Waals surface area contributed by atoms with Crippen LogP contribution in [0.25, 0.3) is 0 Å². The lowest BCUT2D eigenvalue weighted by atomic mass is 10.1. The molecule has 0 aliphatic rings. The third kappa shape index (κ3) is 6.66. The van der Waals surface area contributed by atoms with Gasteiger partial charge in [-0.1, -0.05) is 51.2 Å². The van der Waals surface area contributed by atoms with E-state index in [1.54, 1.807) is 12.1 Å². The fourth-order valence-electron chi connectivity index (χ4n) is 2.18. The molecule has 1 aromatic rings. The van der Waals surface area contributed by atoms with Crippen molar-refractivity contribution in [1.29, 1.82) is 0 Å². The maximum absolute atomic E-state index is 10.6. The highest BCUT2D eigenvalue weighted by atomic mass is 16.6. The molecule has 0 bridgehead atoms. The first-order chi connectivity index (χ1) is 9.63. The average molecular weight is 278 g/mol. The van der Waals surface area contributed by atoms with E-state index in [0.29, 0.717) is 6.04 Å². The Bertz CT molecular complexity index is 390. The highest BCUT2D eigenvalue weighted by molar-refractivity contribution is 5.32. The molecule has 0 fully saturated rings. The molecule has 0 aromatic heterocycles. The quantitative estimate of drug-likeness (QED) is 0.391. The van der Waals surface area contributed by atoms with Gasteiger partial charge in [-0.2, -0.15) is 0 Å². The summed E-state index contributed by atoms with van der Waals surface area (Å²) in [6, 6.07) is 7.25. The lowest BCUT2D eigenvalue weighted by molar-refractivity contribution is -0.384. The molecule has 0 aliphatic carbocycles. The van der Waals surface area contributed by atoms with E-state index >= 15 is 0 Å². The topological polar surface area (TPSA) is 55.2 Å². The van der Waals surface area contributed by atoms with Crippen LogP contribution in [0, 0.1) is 10.1 Å². The number of hydrogen-bond acceptors (Lipinski definition) is 3. The molecule has 1 N–H and O–H groups in total. The Morgan fingerprint density at radius 1 is 1.15 bits per heavy atom. The van der Waals surface area contributed by atoms with Crippen molar-refractivity contribution in [2.24, 2.45) is 0 Å². The van der Waals surface area contributed by atoms with Crippen LogP contribution >= 0.6 is 0 Å². The summed E-state index contributed by atoms with van der Waals surface area (Å²) in [5.74, 6) is 0. The summed E-state index contributed by atoms with van der Waals surface area (Å²) in [7, 11) is 0. The Morgan fingerprint density at radius 2 is 1.80 bits per heavy atom. The number of benzene rings is 1. The molecule has 0 amide bonds. The van der Waals surface area contributed by atoms with E-state index in [1.807, 2.05) is 12.1 Å². The number of nitro groups is 1. The molecule has 112 valence electrons. The molecule has 0 saturated carbocycles. The van der Waals surface area contributed by atoms with Gasteiger partial charge in [0.05, 0.1) is 4.92 Å². The molecular weight excluding hydrogens is 252 g/mol. The predicted molar refractivity (Wildman–Crippen MR) is 82.8 cm³/mol. The van der Waals surface area contributed by atoms with Crippen molar-refractivity contribution < 1.29 is 4.92 Å². The number of non-ortho nitro benzene ring substituents is 1. The van der Waals surface area contributed by atoms with Gasteiger partial charge in [-0.25, -0.2) is 0 Å². The summed E-state index contributed by atoms with van der Waals surface area (Å²) < 4.78 is 0. The van der Waals surface area contributed by atoms with Gasteiger partial charge < -0.3 is 5.32 Å². The maximum Gasteiger partial charge on any atom is 0.269 e. The van der Waals surface area contributed by atoms with Crippen LogP contribution in [0.3, 0.4) is 0 Å². The third-order valence-corrected chi connectivity index (χ3v) is 3.54. The minimum Gasteiger partial charge on any atom is -0.310 e. The lowest BCUT2D eigenvalue weighted by Crippen LogP contribution is -2.25. The van der Waals surface area contributed by atoms with Gasteiger partial charge >= 0.3 is 0 Å². The average Bonchev–Trinajstić information content (AvgIpc) is 2.45. The molecular formula is C16H26N2O2. The summed E-state index contributed by atoms with van der Waals surface area (Å²) >= 11 is 0. The van der Waals surface area contributed by atoms with Gasteiger partial charge in [0.1, 0.15) is 0 Å². The molecule has 1 unspecified atom stereocenters. The fourth-order valence-corrected chi connectivity index (χ4v) is 2.18. The summed E-state index contributed by atoms with van der Waals surface area (Å²) in [6.07, 6.45) is 7.74. The largest absolute Gasteiger partial charge is 0.310 e. The second kappa shape index (κ2) is 9.48. The Balaban J connectivity index is 2.20. The number of nitrogens with zero attached hydrogens (tertiary/aromatic N) is 1. The van der Waals surface area contributed by atoms with Crippen LogP contribution in [0.4, 0.5) is 5.69 Å². The molecule has 0 radical (unpaired) electrons. The predicted octanol–water partition coefficient (Wildman–Crippen LogP) is 4.43. The van der Waals surface area contributed by atoms with Crippen molar-refractivity contribution >= 4 is 5.69 Å². The molecule has 1 aromatic carbocycles. The van der Waals surface area contributed by atoms with Crippen LogP contribution in [-0.4, -0.2) is 11.0 Å². The van der Waals surface area contributed by atoms with Crippen LogP contribution in [0.5, 0.6) is 0 Å². The van der Waals surface area contributed by atoms with Gasteiger partial charge in [0, 0.05) is 24.7 Å². The molecule has 0 heterocycles. The monoisotopic (exact) mass is 278 g/mol. The van der Waals surface area contributed by atoms with Crippen molar-refractivity contribution in [3.05, 3.63) is 39.9 Å². The van der Waals surface area contributed by atoms with E-state index in [2.05, 4.69) is 19.2 Å². The zero-order valence-electron chi connectivity index (χ0n) is 12.6. The van der Waals surface area contributed by atoms with Crippen LogP contribution in [0.15, 0.2) is 24.3 Å². The summed E-state index contributed by atoms with van der Waals surface area (Å²) in [4.78, 5) is 10.2. The zero-order chi connectivity index (χ0) is 14.8. The molecule has 20 heavy (non-hydrogen) atoms. The standard InChI is InChI=1S/C16H26N2O2/c1-3-4-5-6-7-8-14(2)17-13-15-9-11-16(12-10-15)18(19)20/h9-12,14,17H,3-8,13H2,1-2H3. The van der Waals surface area contributed by atoms with Crippen LogP contribution in [0.1, 0.15) is 57.9 Å². The van der Waals surface area contributed by atoms with Crippen LogP contribution in [-0.2, 0) is 6.54 Å². The van der Waals surface area contributed by atoms with Crippen molar-refractivity contribution in [3.63, 3.8) is 0 Å². The molecule has 0 saturated heterocycles. The Labute approximate surface area is 121 Å². The minimum atomic E-state index is -0.365. The molecule has 1 rings (SSSR count). The van der Waals surface area contributed by atoms with Gasteiger partial charge in [0.25, 0.3) is 5.69 Å². The zero-order valence-corrected chi connectivity index (χ0v) is 12.6.